The highest BCUT2D eigenvalue weighted by Crippen LogP contribution is 2.22. The number of rotatable bonds is 3. The number of aryl methyl sites for hydroxylation is 3. The van der Waals surface area contributed by atoms with Crippen molar-refractivity contribution in [3.05, 3.63) is 58.7 Å². The smallest absolute Gasteiger partial charge is 0.323 e. The van der Waals surface area contributed by atoms with Gasteiger partial charge in [-0.1, -0.05) is 29.8 Å². The molecule has 4 N–H and O–H groups in total. The number of urea groups is 1. The van der Waals surface area contributed by atoms with Crippen molar-refractivity contribution in [2.45, 2.75) is 33.7 Å². The molecule has 2 aromatic rings. The summed E-state index contributed by atoms with van der Waals surface area (Å²) in [5, 5.41) is 5.75. The van der Waals surface area contributed by atoms with Crippen molar-refractivity contribution in [2.24, 2.45) is 5.73 Å². The summed E-state index contributed by atoms with van der Waals surface area (Å²) >= 11 is 0. The van der Waals surface area contributed by atoms with Gasteiger partial charge in [0.25, 0.3) is 0 Å². The second-order valence-electron chi connectivity index (χ2n) is 5.76. The summed E-state index contributed by atoms with van der Waals surface area (Å²) < 4.78 is 0. The molecule has 2 amide bonds. The van der Waals surface area contributed by atoms with E-state index in [4.69, 9.17) is 5.73 Å². The van der Waals surface area contributed by atoms with Crippen LogP contribution in [0.25, 0.3) is 0 Å². The zero-order valence-electron chi connectivity index (χ0n) is 13.5. The second-order valence-corrected chi connectivity index (χ2v) is 5.76. The van der Waals surface area contributed by atoms with Crippen LogP contribution in [0.5, 0.6) is 0 Å². The Morgan fingerprint density at radius 2 is 1.55 bits per heavy atom. The van der Waals surface area contributed by atoms with Gasteiger partial charge >= 0.3 is 6.03 Å². The predicted octanol–water partition coefficient (Wildman–Crippen LogP) is 4.28. The van der Waals surface area contributed by atoms with Crippen molar-refractivity contribution in [3.8, 4) is 0 Å². The van der Waals surface area contributed by atoms with Gasteiger partial charge in [-0.15, -0.1) is 0 Å². The Balaban J connectivity index is 2.07. The minimum atomic E-state index is -0.247. The van der Waals surface area contributed by atoms with Gasteiger partial charge in [0.1, 0.15) is 0 Å². The van der Waals surface area contributed by atoms with Crippen molar-refractivity contribution in [2.75, 3.05) is 10.6 Å². The molecule has 4 heteroatoms. The van der Waals surface area contributed by atoms with Gasteiger partial charge < -0.3 is 16.4 Å². The van der Waals surface area contributed by atoms with E-state index in [1.165, 1.54) is 5.56 Å². The van der Waals surface area contributed by atoms with Crippen molar-refractivity contribution >= 4 is 17.4 Å². The van der Waals surface area contributed by atoms with Crippen LogP contribution in [0.3, 0.4) is 0 Å². The second kappa shape index (κ2) is 6.62. The number of nitrogens with one attached hydrogen (secondary N) is 2. The lowest BCUT2D eigenvalue weighted by molar-refractivity contribution is 0.262. The summed E-state index contributed by atoms with van der Waals surface area (Å²) in [7, 11) is 0. The van der Waals surface area contributed by atoms with Crippen LogP contribution in [0.15, 0.2) is 36.4 Å². The lowest BCUT2D eigenvalue weighted by Gasteiger charge is -2.14. The van der Waals surface area contributed by atoms with Crippen LogP contribution in [0.4, 0.5) is 16.2 Å². The van der Waals surface area contributed by atoms with Crippen LogP contribution in [-0.2, 0) is 0 Å². The van der Waals surface area contributed by atoms with Gasteiger partial charge in [0.05, 0.1) is 0 Å². The van der Waals surface area contributed by atoms with Gasteiger partial charge in [0, 0.05) is 17.4 Å². The van der Waals surface area contributed by atoms with Gasteiger partial charge in [-0.05, 0) is 56.5 Å². The first-order valence-electron chi connectivity index (χ1n) is 7.38. The Kier molecular flexibility index (Phi) is 4.83. The van der Waals surface area contributed by atoms with Gasteiger partial charge in [-0.3, -0.25) is 0 Å². The molecule has 2 aromatic carbocycles. The predicted molar refractivity (Wildman–Crippen MR) is 92.3 cm³/mol. The van der Waals surface area contributed by atoms with E-state index < -0.39 is 0 Å². The van der Waals surface area contributed by atoms with Gasteiger partial charge in [-0.25, -0.2) is 4.79 Å². The number of benzene rings is 2. The first-order chi connectivity index (χ1) is 10.4. The van der Waals surface area contributed by atoms with Crippen LogP contribution >= 0.6 is 0 Å². The summed E-state index contributed by atoms with van der Waals surface area (Å²) in [6.45, 7) is 7.96. The molecule has 0 aromatic heterocycles. The number of hydrogen-bond donors (Lipinski definition) is 3. The highest BCUT2D eigenvalue weighted by atomic mass is 16.2. The topological polar surface area (TPSA) is 67.2 Å². The van der Waals surface area contributed by atoms with Crippen molar-refractivity contribution in [1.29, 1.82) is 0 Å². The van der Waals surface area contributed by atoms with Gasteiger partial charge in [-0.2, -0.15) is 0 Å². The molecule has 1 unspecified atom stereocenters. The van der Waals surface area contributed by atoms with E-state index in [1.807, 2.05) is 52.0 Å². The molecule has 0 bridgehead atoms. The SMILES string of the molecule is Cc1cc(C)c(NC(=O)Nc2ccc(C(C)N)cc2)c(C)c1. The molecule has 0 aliphatic rings. The average Bonchev–Trinajstić information content (AvgIpc) is 2.43. The van der Waals surface area contributed by atoms with Crippen LogP contribution in [-0.4, -0.2) is 6.03 Å². The summed E-state index contributed by atoms with van der Waals surface area (Å²) in [4.78, 5) is 12.1. The van der Waals surface area contributed by atoms with Crippen molar-refractivity contribution in [3.63, 3.8) is 0 Å². The fourth-order valence-corrected chi connectivity index (χ4v) is 2.52. The molecule has 0 fully saturated rings. The number of carbonyl (C=O) groups is 1. The first kappa shape index (κ1) is 16.0. The quantitative estimate of drug-likeness (QED) is 0.791. The Hall–Kier alpha value is -2.33. The molecular weight excluding hydrogens is 274 g/mol. The summed E-state index contributed by atoms with van der Waals surface area (Å²) in [6, 6.07) is 11.4. The van der Waals surface area contributed by atoms with Crippen LogP contribution < -0.4 is 16.4 Å². The molecule has 2 rings (SSSR count). The highest BCUT2D eigenvalue weighted by Gasteiger charge is 2.08. The minimum Gasteiger partial charge on any atom is -0.324 e. The fourth-order valence-electron chi connectivity index (χ4n) is 2.52. The average molecular weight is 297 g/mol. The number of nitrogens with two attached hydrogens (primary N) is 1. The zero-order valence-corrected chi connectivity index (χ0v) is 13.5. The van der Waals surface area contributed by atoms with E-state index in [2.05, 4.69) is 22.8 Å². The maximum absolute atomic E-state index is 12.1. The van der Waals surface area contributed by atoms with E-state index >= 15 is 0 Å². The maximum atomic E-state index is 12.1. The molecule has 1 atom stereocenters. The molecular formula is C18H23N3O. The standard InChI is InChI=1S/C18H23N3O/c1-11-9-12(2)17(13(3)10-11)21-18(22)20-16-7-5-15(6-8-16)14(4)19/h5-10,14H,19H2,1-4H3,(H2,20,21,22). The summed E-state index contributed by atoms with van der Waals surface area (Å²) in [6.07, 6.45) is 0. The normalized spacial score (nSPS) is 11.9. The number of anilines is 2. The summed E-state index contributed by atoms with van der Waals surface area (Å²) in [5.41, 5.74) is 11.7. The van der Waals surface area contributed by atoms with Crippen LogP contribution in [0.1, 0.15) is 35.2 Å². The molecule has 4 nitrogen and oxygen atoms in total. The molecule has 0 spiro atoms. The van der Waals surface area contributed by atoms with Gasteiger partial charge in [0.2, 0.25) is 0 Å². The number of carbonyl (C=O) groups excluding carboxylic acids is 1. The molecule has 0 radical (unpaired) electrons. The fraction of sp³-hybridized carbons (Fsp3) is 0.278. The van der Waals surface area contributed by atoms with Crippen molar-refractivity contribution < 1.29 is 4.79 Å². The zero-order chi connectivity index (χ0) is 16.3. The lowest BCUT2D eigenvalue weighted by Crippen LogP contribution is -2.20. The monoisotopic (exact) mass is 297 g/mol. The Bertz CT molecular complexity index is 652. The lowest BCUT2D eigenvalue weighted by atomic mass is 10.1. The third-order valence-corrected chi connectivity index (χ3v) is 3.61. The summed E-state index contributed by atoms with van der Waals surface area (Å²) in [5.74, 6) is 0. The van der Waals surface area contributed by atoms with E-state index in [9.17, 15) is 4.79 Å². The molecule has 0 heterocycles. The molecule has 0 saturated carbocycles. The molecule has 0 aliphatic carbocycles. The number of hydrogen-bond acceptors (Lipinski definition) is 2. The Labute approximate surface area is 131 Å². The van der Waals surface area contributed by atoms with E-state index in [0.717, 1.165) is 28.1 Å². The van der Waals surface area contributed by atoms with Crippen molar-refractivity contribution in [1.82, 2.24) is 0 Å². The molecule has 0 aliphatic heterocycles. The molecule has 0 saturated heterocycles. The molecule has 116 valence electrons. The molecule has 22 heavy (non-hydrogen) atoms. The largest absolute Gasteiger partial charge is 0.324 e. The van der Waals surface area contributed by atoms with E-state index in [-0.39, 0.29) is 12.1 Å². The van der Waals surface area contributed by atoms with Crippen LogP contribution in [0, 0.1) is 20.8 Å². The Morgan fingerprint density at radius 1 is 1.00 bits per heavy atom. The van der Waals surface area contributed by atoms with E-state index in [0.29, 0.717) is 0 Å². The van der Waals surface area contributed by atoms with Crippen LogP contribution in [0.2, 0.25) is 0 Å². The first-order valence-corrected chi connectivity index (χ1v) is 7.38. The number of amides is 2. The van der Waals surface area contributed by atoms with E-state index in [1.54, 1.807) is 0 Å². The maximum Gasteiger partial charge on any atom is 0.323 e. The third kappa shape index (κ3) is 3.86. The minimum absolute atomic E-state index is 0.0132. The third-order valence-electron chi connectivity index (χ3n) is 3.61. The highest BCUT2D eigenvalue weighted by molar-refractivity contribution is 6.00. The Morgan fingerprint density at radius 3 is 2.05 bits per heavy atom. The van der Waals surface area contributed by atoms with Gasteiger partial charge in [0.15, 0.2) is 0 Å².